The van der Waals surface area contributed by atoms with Gasteiger partial charge in [0.2, 0.25) is 0 Å². The van der Waals surface area contributed by atoms with E-state index in [0.717, 1.165) is 6.04 Å². The molecule has 1 saturated heterocycles. The number of hydrogen-bond donors (Lipinski definition) is 0. The Morgan fingerprint density at radius 1 is 1.06 bits per heavy atom. The lowest BCUT2D eigenvalue weighted by Crippen LogP contribution is -2.37. The molecule has 1 aliphatic rings. The van der Waals surface area contributed by atoms with E-state index in [1.54, 1.807) is 0 Å². The molecule has 1 heteroatoms. The average molecular weight is 217 g/mol. The van der Waals surface area contributed by atoms with Gasteiger partial charge in [-0.15, -0.1) is 0 Å². The van der Waals surface area contributed by atoms with Crippen LogP contribution in [0.1, 0.15) is 38.2 Å². The van der Waals surface area contributed by atoms with Crippen molar-refractivity contribution >= 4 is 0 Å². The van der Waals surface area contributed by atoms with Crippen LogP contribution in [0.2, 0.25) is 0 Å². The fraction of sp³-hybridized carbons (Fsp3) is 0.600. The highest BCUT2D eigenvalue weighted by Crippen LogP contribution is 2.15. The van der Waals surface area contributed by atoms with E-state index in [9.17, 15) is 0 Å². The third kappa shape index (κ3) is 3.34. The van der Waals surface area contributed by atoms with Crippen molar-refractivity contribution in [2.24, 2.45) is 0 Å². The molecule has 1 heterocycles. The number of piperidine rings is 1. The zero-order chi connectivity index (χ0) is 11.2. The van der Waals surface area contributed by atoms with Gasteiger partial charge in [0.05, 0.1) is 0 Å². The molecule has 0 unspecified atom stereocenters. The molecule has 0 spiro atoms. The van der Waals surface area contributed by atoms with Crippen molar-refractivity contribution in [2.75, 3.05) is 13.1 Å². The highest BCUT2D eigenvalue weighted by atomic mass is 15.1. The summed E-state index contributed by atoms with van der Waals surface area (Å²) in [5, 5.41) is 0. The average Bonchev–Trinajstić information content (AvgIpc) is 2.38. The minimum Gasteiger partial charge on any atom is -0.301 e. The Balaban J connectivity index is 1.76. The lowest BCUT2D eigenvalue weighted by molar-refractivity contribution is 0.167. The Morgan fingerprint density at radius 3 is 2.44 bits per heavy atom. The van der Waals surface area contributed by atoms with Crippen molar-refractivity contribution < 1.29 is 0 Å². The van der Waals surface area contributed by atoms with Gasteiger partial charge >= 0.3 is 0 Å². The maximum absolute atomic E-state index is 2.66. The third-order valence-corrected chi connectivity index (χ3v) is 3.71. The van der Waals surface area contributed by atoms with E-state index in [4.69, 9.17) is 0 Å². The van der Waals surface area contributed by atoms with Crippen LogP contribution in [0.3, 0.4) is 0 Å². The summed E-state index contributed by atoms with van der Waals surface area (Å²) in [6.45, 7) is 5.01. The second kappa shape index (κ2) is 6.05. The first-order chi connectivity index (χ1) is 7.86. The van der Waals surface area contributed by atoms with Crippen LogP contribution in [0.5, 0.6) is 0 Å². The highest BCUT2D eigenvalue weighted by Gasteiger charge is 2.15. The van der Waals surface area contributed by atoms with E-state index in [2.05, 4.69) is 42.2 Å². The predicted octanol–water partition coefficient (Wildman–Crippen LogP) is 3.49. The van der Waals surface area contributed by atoms with Gasteiger partial charge in [-0.05, 0) is 51.3 Å². The number of likely N-dealkylation sites (tertiary alicyclic amines) is 1. The quantitative estimate of drug-likeness (QED) is 0.746. The first-order valence-electron chi connectivity index (χ1n) is 6.64. The molecular formula is C15H23N. The van der Waals surface area contributed by atoms with Gasteiger partial charge in [0.25, 0.3) is 0 Å². The van der Waals surface area contributed by atoms with Gasteiger partial charge in [-0.25, -0.2) is 0 Å². The fourth-order valence-corrected chi connectivity index (χ4v) is 2.56. The maximum atomic E-state index is 2.66. The van der Waals surface area contributed by atoms with E-state index < -0.39 is 0 Å². The molecule has 0 N–H and O–H groups in total. The highest BCUT2D eigenvalue weighted by molar-refractivity contribution is 5.14. The molecule has 2 rings (SSSR count). The van der Waals surface area contributed by atoms with Crippen LogP contribution in [-0.2, 0) is 6.42 Å². The van der Waals surface area contributed by atoms with Crippen LogP contribution in [0.25, 0.3) is 0 Å². The van der Waals surface area contributed by atoms with Crippen LogP contribution >= 0.6 is 0 Å². The minimum absolute atomic E-state index is 0.750. The third-order valence-electron chi connectivity index (χ3n) is 3.71. The second-order valence-electron chi connectivity index (χ2n) is 4.97. The van der Waals surface area contributed by atoms with Gasteiger partial charge in [-0.1, -0.05) is 36.8 Å². The van der Waals surface area contributed by atoms with Crippen LogP contribution < -0.4 is 0 Å². The molecule has 0 radical (unpaired) electrons. The van der Waals surface area contributed by atoms with E-state index in [1.807, 2.05) is 0 Å². The number of nitrogens with zero attached hydrogens (tertiary/aromatic N) is 1. The molecule has 88 valence electrons. The summed E-state index contributed by atoms with van der Waals surface area (Å²) in [6, 6.07) is 11.6. The van der Waals surface area contributed by atoms with E-state index in [-0.39, 0.29) is 0 Å². The topological polar surface area (TPSA) is 3.24 Å². The summed E-state index contributed by atoms with van der Waals surface area (Å²) in [4.78, 5) is 2.66. The van der Waals surface area contributed by atoms with Gasteiger partial charge in [0.15, 0.2) is 0 Å². The molecular weight excluding hydrogens is 194 g/mol. The van der Waals surface area contributed by atoms with E-state index in [0.29, 0.717) is 0 Å². The Morgan fingerprint density at radius 2 is 1.75 bits per heavy atom. The van der Waals surface area contributed by atoms with Crippen LogP contribution in [0.4, 0.5) is 0 Å². The summed E-state index contributed by atoms with van der Waals surface area (Å²) in [6.07, 6.45) is 6.75. The molecule has 0 saturated carbocycles. The lowest BCUT2D eigenvalue weighted by atomic mass is 10.0. The second-order valence-corrected chi connectivity index (χ2v) is 4.97. The number of aryl methyl sites for hydroxylation is 1. The first-order valence-corrected chi connectivity index (χ1v) is 6.64. The molecule has 1 aromatic rings. The van der Waals surface area contributed by atoms with Crippen molar-refractivity contribution in [1.82, 2.24) is 4.90 Å². The van der Waals surface area contributed by atoms with Crippen molar-refractivity contribution in [3.8, 4) is 0 Å². The lowest BCUT2D eigenvalue weighted by Gasteiger charge is -2.32. The van der Waals surface area contributed by atoms with Crippen LogP contribution in [0, 0.1) is 0 Å². The normalized spacial score (nSPS) is 19.6. The molecule has 0 bridgehead atoms. The molecule has 1 aromatic carbocycles. The maximum Gasteiger partial charge on any atom is 0.00700 e. The molecule has 1 fully saturated rings. The molecule has 0 aliphatic carbocycles. The molecule has 16 heavy (non-hydrogen) atoms. The van der Waals surface area contributed by atoms with Gasteiger partial charge in [-0.3, -0.25) is 0 Å². The van der Waals surface area contributed by atoms with Crippen molar-refractivity contribution in [3.63, 3.8) is 0 Å². The van der Waals surface area contributed by atoms with Gasteiger partial charge < -0.3 is 4.90 Å². The summed E-state index contributed by atoms with van der Waals surface area (Å²) >= 11 is 0. The van der Waals surface area contributed by atoms with E-state index >= 15 is 0 Å². The summed E-state index contributed by atoms with van der Waals surface area (Å²) in [7, 11) is 0. The Kier molecular flexibility index (Phi) is 4.41. The number of rotatable bonds is 4. The van der Waals surface area contributed by atoms with Gasteiger partial charge in [0, 0.05) is 6.04 Å². The zero-order valence-electron chi connectivity index (χ0n) is 10.4. The Hall–Kier alpha value is -0.820. The van der Waals surface area contributed by atoms with Crippen LogP contribution in [0.15, 0.2) is 30.3 Å². The monoisotopic (exact) mass is 217 g/mol. The molecule has 0 aromatic heterocycles. The Labute approximate surface area is 99.5 Å². The summed E-state index contributed by atoms with van der Waals surface area (Å²) in [5.41, 5.74) is 1.48. The van der Waals surface area contributed by atoms with Crippen LogP contribution in [-0.4, -0.2) is 24.0 Å². The Bertz CT molecular complexity index is 288. The standard InChI is InChI=1S/C15H23N/c1-14(16-12-6-3-7-13-16)10-11-15-8-4-2-5-9-15/h2,4-5,8-9,14H,3,6-7,10-13H2,1H3/t14-/m1/s1. The van der Waals surface area contributed by atoms with E-state index in [1.165, 1.54) is 50.8 Å². The minimum atomic E-state index is 0.750. The SMILES string of the molecule is C[C@H](CCc1ccccc1)N1CCCCC1. The van der Waals surface area contributed by atoms with Gasteiger partial charge in [-0.2, -0.15) is 0 Å². The zero-order valence-corrected chi connectivity index (χ0v) is 10.4. The summed E-state index contributed by atoms with van der Waals surface area (Å²) < 4.78 is 0. The molecule has 0 amide bonds. The molecule has 1 aliphatic heterocycles. The number of hydrogen-bond acceptors (Lipinski definition) is 1. The molecule has 1 nitrogen and oxygen atoms in total. The smallest absolute Gasteiger partial charge is 0.00700 e. The largest absolute Gasteiger partial charge is 0.301 e. The predicted molar refractivity (Wildman–Crippen MR) is 69.6 cm³/mol. The fourth-order valence-electron chi connectivity index (χ4n) is 2.56. The first kappa shape index (κ1) is 11.7. The van der Waals surface area contributed by atoms with Crippen molar-refractivity contribution in [3.05, 3.63) is 35.9 Å². The number of benzene rings is 1. The summed E-state index contributed by atoms with van der Waals surface area (Å²) in [5.74, 6) is 0. The van der Waals surface area contributed by atoms with Crippen molar-refractivity contribution in [2.45, 2.75) is 45.1 Å². The van der Waals surface area contributed by atoms with Crippen molar-refractivity contribution in [1.29, 1.82) is 0 Å². The molecule has 1 atom stereocenters. The van der Waals surface area contributed by atoms with Gasteiger partial charge in [0.1, 0.15) is 0 Å².